The molecule has 6 nitrogen and oxygen atoms in total. The number of nitrogens with zero attached hydrogens (tertiary/aromatic N) is 2. The highest BCUT2D eigenvalue weighted by molar-refractivity contribution is 7.18. The maximum Gasteiger partial charge on any atom is 0.253 e. The molecule has 1 N–H and O–H groups in total. The molecule has 0 bridgehead atoms. The molecule has 1 aliphatic rings. The topological polar surface area (TPSA) is 69.7 Å². The standard InChI is InChI=1S/C26H27N3O3S/c1-18-8-10-21(11-9-18)26(32)29-14-12-28(13-15-29)17-24(31)27-22-16-23(33-25(22)19(2)30)20-6-4-3-5-7-20/h3-11,16H,12-15,17H2,1-2H3,(H,27,31). The average Bonchev–Trinajstić information content (AvgIpc) is 3.24. The van der Waals surface area contributed by atoms with E-state index in [1.807, 2.05) is 77.4 Å². The summed E-state index contributed by atoms with van der Waals surface area (Å²) in [5.74, 6) is -0.203. The zero-order valence-corrected chi connectivity index (χ0v) is 19.7. The van der Waals surface area contributed by atoms with Gasteiger partial charge in [0.05, 0.1) is 17.1 Å². The average molecular weight is 462 g/mol. The maximum absolute atomic E-state index is 12.7. The lowest BCUT2D eigenvalue weighted by Crippen LogP contribution is -2.50. The first-order valence-corrected chi connectivity index (χ1v) is 11.8. The van der Waals surface area contributed by atoms with E-state index in [1.54, 1.807) is 0 Å². The van der Waals surface area contributed by atoms with Crippen LogP contribution in [0.3, 0.4) is 0 Å². The molecular formula is C26H27N3O3S. The van der Waals surface area contributed by atoms with Gasteiger partial charge < -0.3 is 10.2 Å². The van der Waals surface area contributed by atoms with Crippen molar-refractivity contribution in [1.82, 2.24) is 9.80 Å². The van der Waals surface area contributed by atoms with Crippen LogP contribution in [0.4, 0.5) is 5.69 Å². The first-order valence-electron chi connectivity index (χ1n) is 11.0. The summed E-state index contributed by atoms with van der Waals surface area (Å²) in [5, 5.41) is 2.92. The van der Waals surface area contributed by atoms with Crippen molar-refractivity contribution in [2.75, 3.05) is 38.0 Å². The van der Waals surface area contributed by atoms with Gasteiger partial charge in [0.25, 0.3) is 5.91 Å². The second-order valence-corrected chi connectivity index (χ2v) is 9.31. The van der Waals surface area contributed by atoms with Gasteiger partial charge in [-0.1, -0.05) is 48.0 Å². The van der Waals surface area contributed by atoms with Crippen LogP contribution in [0.2, 0.25) is 0 Å². The molecule has 0 saturated carbocycles. The zero-order valence-electron chi connectivity index (χ0n) is 18.8. The van der Waals surface area contributed by atoms with Crippen molar-refractivity contribution in [3.05, 3.63) is 76.7 Å². The lowest BCUT2D eigenvalue weighted by Gasteiger charge is -2.34. The predicted octanol–water partition coefficient (Wildman–Crippen LogP) is 4.32. The number of hydrogen-bond donors (Lipinski definition) is 1. The van der Waals surface area contributed by atoms with Gasteiger partial charge in [-0.25, -0.2) is 0 Å². The minimum atomic E-state index is -0.159. The molecule has 1 aromatic heterocycles. The highest BCUT2D eigenvalue weighted by Gasteiger charge is 2.24. The van der Waals surface area contributed by atoms with Gasteiger partial charge in [-0.15, -0.1) is 11.3 Å². The predicted molar refractivity (Wildman–Crippen MR) is 132 cm³/mol. The van der Waals surface area contributed by atoms with Crippen molar-refractivity contribution in [3.8, 4) is 10.4 Å². The molecular weight excluding hydrogens is 434 g/mol. The van der Waals surface area contributed by atoms with Crippen molar-refractivity contribution in [2.45, 2.75) is 13.8 Å². The number of anilines is 1. The summed E-state index contributed by atoms with van der Waals surface area (Å²) < 4.78 is 0. The maximum atomic E-state index is 12.7. The molecule has 3 aromatic rings. The number of aryl methyl sites for hydroxylation is 1. The molecule has 2 amide bonds. The summed E-state index contributed by atoms with van der Waals surface area (Å²) in [5.41, 5.74) is 3.39. The van der Waals surface area contributed by atoms with Crippen LogP contribution in [0.25, 0.3) is 10.4 Å². The molecule has 2 heterocycles. The minimum Gasteiger partial charge on any atom is -0.336 e. The summed E-state index contributed by atoms with van der Waals surface area (Å²) in [4.78, 5) is 42.9. The smallest absolute Gasteiger partial charge is 0.253 e. The number of carbonyl (C=O) groups excluding carboxylic acids is 3. The number of Topliss-reactive ketones (excluding diaryl/α,β-unsaturated/α-hetero) is 1. The van der Waals surface area contributed by atoms with Gasteiger partial charge in [-0.2, -0.15) is 0 Å². The normalized spacial score (nSPS) is 14.2. The Balaban J connectivity index is 1.34. The minimum absolute atomic E-state index is 0.0249. The van der Waals surface area contributed by atoms with E-state index in [-0.39, 0.29) is 24.1 Å². The Morgan fingerprint density at radius 1 is 0.939 bits per heavy atom. The first-order chi connectivity index (χ1) is 15.9. The quantitative estimate of drug-likeness (QED) is 0.555. The lowest BCUT2D eigenvalue weighted by molar-refractivity contribution is -0.117. The van der Waals surface area contributed by atoms with Crippen LogP contribution in [-0.4, -0.2) is 60.1 Å². The fourth-order valence-electron chi connectivity index (χ4n) is 3.87. The van der Waals surface area contributed by atoms with Gasteiger partial charge in [0, 0.05) is 43.5 Å². The second kappa shape index (κ2) is 10.1. The molecule has 1 fully saturated rings. The third-order valence-corrected chi connectivity index (χ3v) is 6.99. The Kier molecular flexibility index (Phi) is 7.01. The van der Waals surface area contributed by atoms with Gasteiger partial charge >= 0.3 is 0 Å². The van der Waals surface area contributed by atoms with E-state index in [0.29, 0.717) is 42.3 Å². The third-order valence-electron chi connectivity index (χ3n) is 5.71. The first kappa shape index (κ1) is 22.9. The lowest BCUT2D eigenvalue weighted by atomic mass is 10.1. The monoisotopic (exact) mass is 461 g/mol. The SMILES string of the molecule is CC(=O)c1sc(-c2ccccc2)cc1NC(=O)CN1CCN(C(=O)c2ccc(C)cc2)CC1. The molecule has 4 rings (SSSR count). The molecule has 0 spiro atoms. The molecule has 7 heteroatoms. The fraction of sp³-hybridized carbons (Fsp3) is 0.269. The van der Waals surface area contributed by atoms with E-state index in [4.69, 9.17) is 0 Å². The van der Waals surface area contributed by atoms with Gasteiger partial charge in [0.1, 0.15) is 0 Å². The molecule has 0 unspecified atom stereocenters. The molecule has 170 valence electrons. The van der Waals surface area contributed by atoms with Crippen molar-refractivity contribution < 1.29 is 14.4 Å². The van der Waals surface area contributed by atoms with Crippen LogP contribution < -0.4 is 5.32 Å². The zero-order chi connectivity index (χ0) is 23.4. The summed E-state index contributed by atoms with van der Waals surface area (Å²) in [6, 6.07) is 19.3. The Labute approximate surface area is 197 Å². The largest absolute Gasteiger partial charge is 0.336 e. The van der Waals surface area contributed by atoms with Gasteiger partial charge in [0.15, 0.2) is 5.78 Å². The van der Waals surface area contributed by atoms with Gasteiger partial charge in [-0.3, -0.25) is 19.3 Å². The van der Waals surface area contributed by atoms with E-state index in [1.165, 1.54) is 18.3 Å². The summed E-state index contributed by atoms with van der Waals surface area (Å²) in [6.45, 7) is 6.15. The molecule has 33 heavy (non-hydrogen) atoms. The molecule has 2 aromatic carbocycles. The van der Waals surface area contributed by atoms with E-state index in [9.17, 15) is 14.4 Å². The number of ketones is 1. The number of carbonyl (C=O) groups is 3. The molecule has 0 aliphatic carbocycles. The van der Waals surface area contributed by atoms with Crippen molar-refractivity contribution in [1.29, 1.82) is 0 Å². The van der Waals surface area contributed by atoms with Crippen molar-refractivity contribution in [2.24, 2.45) is 0 Å². The van der Waals surface area contributed by atoms with Crippen molar-refractivity contribution >= 4 is 34.6 Å². The van der Waals surface area contributed by atoms with E-state index < -0.39 is 0 Å². The van der Waals surface area contributed by atoms with Crippen LogP contribution >= 0.6 is 11.3 Å². The van der Waals surface area contributed by atoms with E-state index >= 15 is 0 Å². The number of nitrogens with one attached hydrogen (secondary N) is 1. The molecule has 1 saturated heterocycles. The van der Waals surface area contributed by atoms with E-state index in [0.717, 1.165) is 16.0 Å². The third kappa shape index (κ3) is 5.56. The van der Waals surface area contributed by atoms with Gasteiger partial charge in [-0.05, 0) is 30.7 Å². The number of rotatable bonds is 6. The van der Waals surface area contributed by atoms with Crippen molar-refractivity contribution in [3.63, 3.8) is 0 Å². The molecule has 0 radical (unpaired) electrons. The second-order valence-electron chi connectivity index (χ2n) is 8.26. The highest BCUT2D eigenvalue weighted by Crippen LogP contribution is 2.35. The Morgan fingerprint density at radius 3 is 2.24 bits per heavy atom. The Hall–Kier alpha value is -3.29. The van der Waals surface area contributed by atoms with E-state index in [2.05, 4.69) is 5.32 Å². The van der Waals surface area contributed by atoms with Crippen LogP contribution in [0.15, 0.2) is 60.7 Å². The summed E-state index contributed by atoms with van der Waals surface area (Å²) in [7, 11) is 0. The Bertz CT molecular complexity index is 1150. The summed E-state index contributed by atoms with van der Waals surface area (Å²) in [6.07, 6.45) is 0. The van der Waals surface area contributed by atoms with Crippen LogP contribution in [-0.2, 0) is 4.79 Å². The molecule has 1 aliphatic heterocycles. The summed E-state index contributed by atoms with van der Waals surface area (Å²) >= 11 is 1.39. The number of thiophene rings is 1. The number of benzene rings is 2. The van der Waals surface area contributed by atoms with Crippen LogP contribution in [0.1, 0.15) is 32.5 Å². The van der Waals surface area contributed by atoms with Gasteiger partial charge in [0.2, 0.25) is 5.91 Å². The number of hydrogen-bond acceptors (Lipinski definition) is 5. The molecule has 0 atom stereocenters. The number of amides is 2. The highest BCUT2D eigenvalue weighted by atomic mass is 32.1. The Morgan fingerprint density at radius 2 is 1.61 bits per heavy atom. The number of piperazine rings is 1. The fourth-order valence-corrected chi connectivity index (χ4v) is 4.88. The van der Waals surface area contributed by atoms with Crippen LogP contribution in [0, 0.1) is 6.92 Å². The van der Waals surface area contributed by atoms with Crippen LogP contribution in [0.5, 0.6) is 0 Å².